The van der Waals surface area contributed by atoms with Crippen molar-refractivity contribution in [1.29, 1.82) is 0 Å². The molecule has 0 saturated heterocycles. The third kappa shape index (κ3) is 5.52. The number of allylic oxidation sites excluding steroid dienone is 9. The lowest BCUT2D eigenvalue weighted by atomic mass is 9.88. The molecule has 0 aliphatic heterocycles. The minimum absolute atomic E-state index is 1.02. The number of hydrogen-bond acceptors (Lipinski definition) is 1. The first-order valence-electron chi connectivity index (χ1n) is 18.7. The molecule has 0 amide bonds. The Bertz CT molecular complexity index is 2940. The van der Waals surface area contributed by atoms with Gasteiger partial charge in [-0.1, -0.05) is 122 Å². The van der Waals surface area contributed by atoms with Gasteiger partial charge in [-0.05, 0) is 163 Å². The molecule has 0 N–H and O–H groups in total. The van der Waals surface area contributed by atoms with Crippen LogP contribution in [-0.4, -0.2) is 0 Å². The van der Waals surface area contributed by atoms with E-state index in [1.807, 2.05) is 17.4 Å². The van der Waals surface area contributed by atoms with Crippen LogP contribution in [0.3, 0.4) is 0 Å². The highest BCUT2D eigenvalue weighted by Crippen LogP contribution is 2.42. The normalized spacial score (nSPS) is 14.2. The van der Waals surface area contributed by atoms with E-state index >= 15 is 0 Å². The fourth-order valence-corrected chi connectivity index (χ4v) is 9.71. The molecule has 7 aromatic carbocycles. The van der Waals surface area contributed by atoms with Crippen LogP contribution < -0.4 is 0 Å². The summed E-state index contributed by atoms with van der Waals surface area (Å²) in [5.74, 6) is 0. The molecule has 0 nitrogen and oxygen atoms in total. The third-order valence-electron chi connectivity index (χ3n) is 11.2. The van der Waals surface area contributed by atoms with E-state index in [9.17, 15) is 0 Å². The first-order valence-corrected chi connectivity index (χ1v) is 19.5. The molecule has 2 aliphatic rings. The molecule has 1 heterocycles. The molecular formula is C52H38S. The molecule has 252 valence electrons. The molecule has 0 unspecified atom stereocenters. The van der Waals surface area contributed by atoms with Crippen molar-refractivity contribution in [2.24, 2.45) is 0 Å². The summed E-state index contributed by atoms with van der Waals surface area (Å²) in [5, 5.41) is 7.71. The largest absolute Gasteiger partial charge is 0.135 e. The van der Waals surface area contributed by atoms with E-state index in [1.165, 1.54) is 109 Å². The fraction of sp³-hybridized carbons (Fsp3) is 0.0769. The van der Waals surface area contributed by atoms with Crippen molar-refractivity contribution in [3.05, 3.63) is 198 Å². The van der Waals surface area contributed by atoms with Gasteiger partial charge >= 0.3 is 0 Å². The molecule has 8 aromatic rings. The minimum Gasteiger partial charge on any atom is -0.135 e. The summed E-state index contributed by atoms with van der Waals surface area (Å²) in [5.41, 5.74) is 15.6. The summed E-state index contributed by atoms with van der Waals surface area (Å²) < 4.78 is 2.66. The Morgan fingerprint density at radius 2 is 1.28 bits per heavy atom. The van der Waals surface area contributed by atoms with E-state index in [2.05, 4.69) is 171 Å². The average molecular weight is 695 g/mol. The van der Waals surface area contributed by atoms with Crippen molar-refractivity contribution < 1.29 is 0 Å². The monoisotopic (exact) mass is 694 g/mol. The Morgan fingerprint density at radius 1 is 0.585 bits per heavy atom. The SMILES string of the molecule is C=C/C=C(\C(=C/C)C1=CCCC=C1)c1ccc2cc3sc4cc5ccc(-c6cccc(-c7ccc8c(c7)-c7ccccc7C8)c6)cc5cc4c3cc2c1. The van der Waals surface area contributed by atoms with Crippen LogP contribution in [0.2, 0.25) is 0 Å². The second kappa shape index (κ2) is 12.9. The highest BCUT2D eigenvalue weighted by atomic mass is 32.1. The van der Waals surface area contributed by atoms with Crippen LogP contribution >= 0.6 is 11.3 Å². The molecule has 0 radical (unpaired) electrons. The second-order valence-electron chi connectivity index (χ2n) is 14.4. The van der Waals surface area contributed by atoms with E-state index in [1.54, 1.807) is 0 Å². The van der Waals surface area contributed by atoms with Gasteiger partial charge in [0.15, 0.2) is 0 Å². The number of thiophene rings is 1. The standard InChI is InChI=1S/C52H38S/c1-3-11-46(45(4-2)33-12-6-5-7-13-33)41-22-21-39-32-52-50(30-44(39)27-41)49-29-43-25-36(18-19-38(43)31-51(49)53-52)34-15-10-16-35(24-34)37-20-23-42-26-40-14-8-9-17-47(40)48(42)28-37/h3-4,6,8-25,27-32H,1,5,7,26H2,2H3/b45-4-,46-11-. The fourth-order valence-electron chi connectivity index (χ4n) is 8.54. The Morgan fingerprint density at radius 3 is 2.04 bits per heavy atom. The molecule has 2 aliphatic carbocycles. The Kier molecular flexibility index (Phi) is 7.70. The molecule has 0 saturated carbocycles. The van der Waals surface area contributed by atoms with E-state index < -0.39 is 0 Å². The van der Waals surface area contributed by atoms with Gasteiger partial charge in [-0.15, -0.1) is 11.3 Å². The van der Waals surface area contributed by atoms with Gasteiger partial charge in [0.05, 0.1) is 0 Å². The lowest BCUT2D eigenvalue weighted by Crippen LogP contribution is -1.96. The van der Waals surface area contributed by atoms with Gasteiger partial charge in [0.2, 0.25) is 0 Å². The predicted octanol–water partition coefficient (Wildman–Crippen LogP) is 15.1. The van der Waals surface area contributed by atoms with Crippen molar-refractivity contribution in [3.8, 4) is 33.4 Å². The molecule has 0 bridgehead atoms. The van der Waals surface area contributed by atoms with Crippen LogP contribution in [0.4, 0.5) is 0 Å². The first kappa shape index (κ1) is 31.7. The molecular weight excluding hydrogens is 657 g/mol. The number of fused-ring (bicyclic) bond motifs is 8. The summed E-state index contributed by atoms with van der Waals surface area (Å²) in [7, 11) is 0. The van der Waals surface area contributed by atoms with Crippen LogP contribution in [0.1, 0.15) is 36.5 Å². The Balaban J connectivity index is 1.03. The van der Waals surface area contributed by atoms with Gasteiger partial charge in [-0.2, -0.15) is 0 Å². The van der Waals surface area contributed by atoms with E-state index in [0.717, 1.165) is 19.3 Å². The smallest absolute Gasteiger partial charge is 0.0361 e. The van der Waals surface area contributed by atoms with Crippen LogP contribution in [-0.2, 0) is 6.42 Å². The lowest BCUT2D eigenvalue weighted by Gasteiger charge is -2.16. The van der Waals surface area contributed by atoms with Crippen LogP contribution in [0.5, 0.6) is 0 Å². The average Bonchev–Trinajstić information content (AvgIpc) is 3.75. The number of rotatable bonds is 6. The summed E-state index contributed by atoms with van der Waals surface area (Å²) in [6.45, 7) is 6.20. The molecule has 10 rings (SSSR count). The highest BCUT2D eigenvalue weighted by molar-refractivity contribution is 7.26. The molecule has 1 heteroatoms. The van der Waals surface area contributed by atoms with Gasteiger partial charge in [-0.3, -0.25) is 0 Å². The van der Waals surface area contributed by atoms with Crippen LogP contribution in [0.25, 0.3) is 80.7 Å². The molecule has 53 heavy (non-hydrogen) atoms. The summed E-state index contributed by atoms with van der Waals surface area (Å²) in [6, 6.07) is 48.2. The summed E-state index contributed by atoms with van der Waals surface area (Å²) in [6.07, 6.45) is 16.4. The number of hydrogen-bond donors (Lipinski definition) is 0. The Hall–Kier alpha value is -6.02. The topological polar surface area (TPSA) is 0 Å². The van der Waals surface area contributed by atoms with Gasteiger partial charge in [-0.25, -0.2) is 0 Å². The predicted molar refractivity (Wildman–Crippen MR) is 232 cm³/mol. The van der Waals surface area contributed by atoms with Gasteiger partial charge in [0.1, 0.15) is 0 Å². The zero-order valence-electron chi connectivity index (χ0n) is 29.8. The van der Waals surface area contributed by atoms with E-state index in [4.69, 9.17) is 0 Å². The van der Waals surface area contributed by atoms with Crippen LogP contribution in [0, 0.1) is 0 Å². The maximum Gasteiger partial charge on any atom is 0.0361 e. The molecule has 1 aromatic heterocycles. The first-order chi connectivity index (χ1) is 26.1. The summed E-state index contributed by atoms with van der Waals surface area (Å²) in [4.78, 5) is 0. The second-order valence-corrected chi connectivity index (χ2v) is 15.5. The van der Waals surface area contributed by atoms with Crippen molar-refractivity contribution in [2.75, 3.05) is 0 Å². The highest BCUT2D eigenvalue weighted by Gasteiger charge is 2.19. The minimum atomic E-state index is 1.02. The van der Waals surface area contributed by atoms with Gasteiger partial charge in [0.25, 0.3) is 0 Å². The molecule has 0 fully saturated rings. The maximum atomic E-state index is 4.06. The van der Waals surface area contributed by atoms with E-state index in [-0.39, 0.29) is 0 Å². The van der Waals surface area contributed by atoms with Gasteiger partial charge in [0, 0.05) is 20.2 Å². The Labute approximate surface area is 315 Å². The molecule has 0 spiro atoms. The zero-order valence-corrected chi connectivity index (χ0v) is 30.6. The molecule has 0 atom stereocenters. The van der Waals surface area contributed by atoms with Crippen molar-refractivity contribution in [3.63, 3.8) is 0 Å². The van der Waals surface area contributed by atoms with Crippen molar-refractivity contribution in [2.45, 2.75) is 26.2 Å². The number of benzene rings is 7. The van der Waals surface area contributed by atoms with E-state index in [0.29, 0.717) is 0 Å². The lowest BCUT2D eigenvalue weighted by molar-refractivity contribution is 1.02. The van der Waals surface area contributed by atoms with Crippen molar-refractivity contribution in [1.82, 2.24) is 0 Å². The summed E-state index contributed by atoms with van der Waals surface area (Å²) >= 11 is 1.89. The zero-order chi connectivity index (χ0) is 35.5. The van der Waals surface area contributed by atoms with Gasteiger partial charge < -0.3 is 0 Å². The van der Waals surface area contributed by atoms with Crippen LogP contribution in [0.15, 0.2) is 182 Å². The third-order valence-corrected chi connectivity index (χ3v) is 12.3. The quantitative estimate of drug-likeness (QED) is 0.152. The maximum absolute atomic E-state index is 4.06. The van der Waals surface area contributed by atoms with Crippen molar-refractivity contribution >= 4 is 58.6 Å².